The summed E-state index contributed by atoms with van der Waals surface area (Å²) in [5.41, 5.74) is 0.839. The molecule has 0 bridgehead atoms. The van der Waals surface area contributed by atoms with Crippen LogP contribution in [-0.4, -0.2) is 70.7 Å². The number of pyridine rings is 1. The van der Waals surface area contributed by atoms with E-state index in [4.69, 9.17) is 26.3 Å². The van der Waals surface area contributed by atoms with Crippen molar-refractivity contribution in [2.45, 2.75) is 49.3 Å². The number of halogens is 1. The largest absolute Gasteiger partial charge is 0.396 e. The number of piperidine rings is 1. The summed E-state index contributed by atoms with van der Waals surface area (Å²) in [4.78, 5) is 19.0. The molecule has 0 aromatic carbocycles. The van der Waals surface area contributed by atoms with E-state index in [0.717, 1.165) is 62.2 Å². The number of anilines is 2. The molecule has 3 aliphatic rings. The highest BCUT2D eigenvalue weighted by Crippen LogP contribution is 2.47. The second-order valence-electron chi connectivity index (χ2n) is 9.79. The first-order chi connectivity index (χ1) is 16.4. The number of aliphatic hydroxyl groups is 2. The van der Waals surface area contributed by atoms with Crippen molar-refractivity contribution in [3.63, 3.8) is 0 Å². The molecular weight excluding hydrogens is 474 g/mol. The van der Waals surface area contributed by atoms with Crippen LogP contribution in [0, 0.1) is 17.3 Å². The molecule has 10 heteroatoms. The molecule has 3 saturated heterocycles. The first kappa shape index (κ1) is 24.1. The third-order valence-electron chi connectivity index (χ3n) is 7.88. The van der Waals surface area contributed by atoms with Gasteiger partial charge < -0.3 is 24.7 Å². The zero-order valence-corrected chi connectivity index (χ0v) is 21.2. The quantitative estimate of drug-likeness (QED) is 0.613. The molecule has 184 valence electrons. The molecule has 5 rings (SSSR count). The maximum atomic E-state index is 10.1. The minimum atomic E-state index is -0.166. The molecule has 2 aromatic rings. The lowest BCUT2D eigenvalue weighted by atomic mass is 9.70. The Morgan fingerprint density at radius 2 is 1.91 bits per heavy atom. The molecule has 0 unspecified atom stereocenters. The maximum Gasteiger partial charge on any atom is 0.152 e. The Morgan fingerprint density at radius 1 is 1.15 bits per heavy atom. The third kappa shape index (κ3) is 4.37. The Labute approximate surface area is 209 Å². The highest BCUT2D eigenvalue weighted by molar-refractivity contribution is 7.99. The van der Waals surface area contributed by atoms with Crippen molar-refractivity contribution in [3.8, 4) is 0 Å². The van der Waals surface area contributed by atoms with Gasteiger partial charge in [-0.1, -0.05) is 30.3 Å². The van der Waals surface area contributed by atoms with Crippen LogP contribution >= 0.6 is 23.4 Å². The molecule has 0 radical (unpaired) electrons. The first-order valence-corrected chi connectivity index (χ1v) is 13.1. The van der Waals surface area contributed by atoms with Gasteiger partial charge in [0.2, 0.25) is 0 Å². The Bertz CT molecular complexity index is 1030. The summed E-state index contributed by atoms with van der Waals surface area (Å²) in [6, 6.07) is 1.87. The standard InChI is InChI=1S/C24H32ClN5O3S/c1-15-16(2)33-14-24(15)4-7-29(8-5-24)22-18(13-32)28-20(9-27-22)34-19-3-6-26-23(21(19)25)30-10-17(11-30)12-31/h3,6,9,15-17,31-32H,4-5,7-8,10-14H2,1-2H3/t15-,16+/m1/s1. The predicted molar refractivity (Wildman–Crippen MR) is 133 cm³/mol. The van der Waals surface area contributed by atoms with Crippen LogP contribution in [0.15, 0.2) is 28.4 Å². The van der Waals surface area contributed by atoms with Crippen LogP contribution in [0.1, 0.15) is 32.4 Å². The van der Waals surface area contributed by atoms with Gasteiger partial charge in [0, 0.05) is 55.2 Å². The summed E-state index contributed by atoms with van der Waals surface area (Å²) in [5.74, 6) is 2.32. The molecule has 5 heterocycles. The van der Waals surface area contributed by atoms with E-state index < -0.39 is 0 Å². The van der Waals surface area contributed by atoms with Crippen LogP contribution in [0.25, 0.3) is 0 Å². The number of ether oxygens (including phenoxy) is 1. The molecule has 1 spiro atoms. The second kappa shape index (κ2) is 9.78. The summed E-state index contributed by atoms with van der Waals surface area (Å²) < 4.78 is 5.95. The lowest BCUT2D eigenvalue weighted by Gasteiger charge is -2.42. The van der Waals surface area contributed by atoms with Crippen LogP contribution in [0.4, 0.5) is 11.6 Å². The van der Waals surface area contributed by atoms with Gasteiger partial charge >= 0.3 is 0 Å². The van der Waals surface area contributed by atoms with Gasteiger partial charge in [-0.25, -0.2) is 15.0 Å². The molecule has 0 aliphatic carbocycles. The molecule has 3 fully saturated rings. The number of aromatic nitrogens is 3. The Morgan fingerprint density at radius 3 is 2.56 bits per heavy atom. The van der Waals surface area contributed by atoms with Gasteiger partial charge in [0.1, 0.15) is 16.5 Å². The molecule has 34 heavy (non-hydrogen) atoms. The van der Waals surface area contributed by atoms with Gasteiger partial charge in [-0.05, 0) is 31.7 Å². The van der Waals surface area contributed by atoms with Crippen LogP contribution in [0.3, 0.4) is 0 Å². The molecule has 0 saturated carbocycles. The van der Waals surface area contributed by atoms with Gasteiger partial charge in [0.25, 0.3) is 0 Å². The van der Waals surface area contributed by atoms with Crippen molar-refractivity contribution in [3.05, 3.63) is 29.2 Å². The van der Waals surface area contributed by atoms with Crippen LogP contribution in [0.5, 0.6) is 0 Å². The normalized spacial score (nSPS) is 24.6. The molecule has 3 aliphatic heterocycles. The highest BCUT2D eigenvalue weighted by atomic mass is 35.5. The average molecular weight is 506 g/mol. The molecule has 2 N–H and O–H groups in total. The van der Waals surface area contributed by atoms with Crippen molar-refractivity contribution in [2.24, 2.45) is 17.3 Å². The average Bonchev–Trinajstić information content (AvgIpc) is 3.09. The van der Waals surface area contributed by atoms with E-state index in [1.807, 2.05) is 6.07 Å². The molecule has 8 nitrogen and oxygen atoms in total. The van der Waals surface area contributed by atoms with Crippen LogP contribution in [-0.2, 0) is 11.3 Å². The summed E-state index contributed by atoms with van der Waals surface area (Å²) in [5, 5.41) is 20.6. The van der Waals surface area contributed by atoms with E-state index in [9.17, 15) is 10.2 Å². The SMILES string of the molecule is C[C@@H]1OCC2(CCN(c3ncc(Sc4ccnc(N5CC(CO)C5)c4Cl)nc3CO)CC2)[C@@H]1C. The summed E-state index contributed by atoms with van der Waals surface area (Å²) >= 11 is 8.08. The minimum absolute atomic E-state index is 0.166. The lowest BCUT2D eigenvalue weighted by Crippen LogP contribution is -2.48. The highest BCUT2D eigenvalue weighted by Gasteiger charge is 2.47. The fraction of sp³-hybridized carbons (Fsp3) is 0.625. The Balaban J connectivity index is 1.29. The lowest BCUT2D eigenvalue weighted by molar-refractivity contribution is 0.0969. The number of aliphatic hydroxyl groups excluding tert-OH is 2. The van der Waals surface area contributed by atoms with Crippen LogP contribution < -0.4 is 9.80 Å². The fourth-order valence-corrected chi connectivity index (χ4v) is 6.49. The van der Waals surface area contributed by atoms with E-state index in [2.05, 4.69) is 28.6 Å². The first-order valence-electron chi connectivity index (χ1n) is 12.0. The summed E-state index contributed by atoms with van der Waals surface area (Å²) in [6.45, 7) is 8.61. The molecule has 2 atom stereocenters. The topological polar surface area (TPSA) is 94.8 Å². The van der Waals surface area contributed by atoms with Gasteiger partial charge in [-0.15, -0.1) is 0 Å². The van der Waals surface area contributed by atoms with Crippen molar-refractivity contribution >= 4 is 35.0 Å². The number of nitrogens with zero attached hydrogens (tertiary/aromatic N) is 5. The van der Waals surface area contributed by atoms with Crippen molar-refractivity contribution < 1.29 is 14.9 Å². The number of hydrogen-bond acceptors (Lipinski definition) is 9. The van der Waals surface area contributed by atoms with Crippen molar-refractivity contribution in [2.75, 3.05) is 49.2 Å². The number of hydrogen-bond donors (Lipinski definition) is 2. The Kier molecular flexibility index (Phi) is 6.92. The third-order valence-corrected chi connectivity index (χ3v) is 9.33. The second-order valence-corrected chi connectivity index (χ2v) is 11.2. The Hall–Kier alpha value is -1.65. The zero-order valence-electron chi connectivity index (χ0n) is 19.7. The summed E-state index contributed by atoms with van der Waals surface area (Å²) in [7, 11) is 0. The van der Waals surface area contributed by atoms with E-state index in [-0.39, 0.29) is 24.5 Å². The molecular formula is C24H32ClN5O3S. The van der Waals surface area contributed by atoms with E-state index in [1.165, 1.54) is 11.8 Å². The van der Waals surface area contributed by atoms with E-state index in [1.54, 1.807) is 12.4 Å². The van der Waals surface area contributed by atoms with Gasteiger partial charge in [-0.3, -0.25) is 0 Å². The zero-order chi connectivity index (χ0) is 23.9. The minimum Gasteiger partial charge on any atom is -0.396 e. The predicted octanol–water partition coefficient (Wildman–Crippen LogP) is 3.24. The molecule has 0 amide bonds. The maximum absolute atomic E-state index is 10.1. The number of rotatable bonds is 6. The van der Waals surface area contributed by atoms with Crippen molar-refractivity contribution in [1.29, 1.82) is 0 Å². The van der Waals surface area contributed by atoms with Gasteiger partial charge in [0.15, 0.2) is 5.82 Å². The fourth-order valence-electron chi connectivity index (χ4n) is 5.34. The molecule has 2 aromatic heterocycles. The van der Waals surface area contributed by atoms with E-state index in [0.29, 0.717) is 27.8 Å². The van der Waals surface area contributed by atoms with Gasteiger partial charge in [-0.2, -0.15) is 0 Å². The smallest absolute Gasteiger partial charge is 0.152 e. The van der Waals surface area contributed by atoms with Crippen molar-refractivity contribution in [1.82, 2.24) is 15.0 Å². The monoisotopic (exact) mass is 505 g/mol. The summed E-state index contributed by atoms with van der Waals surface area (Å²) in [6.07, 6.45) is 5.93. The van der Waals surface area contributed by atoms with Crippen LogP contribution in [0.2, 0.25) is 5.02 Å². The van der Waals surface area contributed by atoms with E-state index >= 15 is 0 Å². The van der Waals surface area contributed by atoms with Gasteiger partial charge in [0.05, 0.1) is 30.5 Å².